The Morgan fingerprint density at radius 2 is 1.71 bits per heavy atom. The number of anilines is 1. The second-order valence-electron chi connectivity index (χ2n) is 5.51. The Morgan fingerprint density at radius 3 is 2.25 bits per heavy atom. The number of nitrogens with one attached hydrogen (secondary N) is 3. The summed E-state index contributed by atoms with van der Waals surface area (Å²) < 4.78 is 4.40. The topological polar surface area (TPSA) is 62.4 Å². The zero-order valence-corrected chi connectivity index (χ0v) is 19.3. The van der Waals surface area contributed by atoms with Gasteiger partial charge in [-0.15, -0.1) is 0 Å². The monoisotopic (exact) mass is 523 g/mol. The van der Waals surface area contributed by atoms with E-state index in [0.29, 0.717) is 17.9 Å². The van der Waals surface area contributed by atoms with E-state index in [9.17, 15) is 4.79 Å². The minimum atomic E-state index is -1.84. The molecule has 2 aromatic rings. The van der Waals surface area contributed by atoms with Crippen molar-refractivity contribution < 1.29 is 9.53 Å². The molecular weight excluding hydrogens is 509 g/mol. The molecule has 2 aromatic carbocycles. The van der Waals surface area contributed by atoms with E-state index in [1.807, 2.05) is 6.92 Å². The summed E-state index contributed by atoms with van der Waals surface area (Å²) in [7, 11) is 0. The number of carbonyl (C=O) groups excluding carboxylic acids is 1. The Labute approximate surface area is 192 Å². The first-order chi connectivity index (χ1) is 13.2. The van der Waals surface area contributed by atoms with Crippen LogP contribution in [0.3, 0.4) is 0 Å². The number of hydrogen-bond acceptors (Lipinski definition) is 3. The average molecular weight is 526 g/mol. The molecule has 0 aromatic heterocycles. The SMILES string of the molecule is CCOc1ccc(NC(=S)N[C@H](NC(=O)c2ccc(Br)cc2)C(Cl)(Cl)Cl)cc1. The van der Waals surface area contributed by atoms with Gasteiger partial charge in [-0.3, -0.25) is 4.79 Å². The molecule has 0 radical (unpaired) electrons. The lowest BCUT2D eigenvalue weighted by Gasteiger charge is -2.27. The van der Waals surface area contributed by atoms with Crippen molar-refractivity contribution in [3.63, 3.8) is 0 Å². The second-order valence-corrected chi connectivity index (χ2v) is 9.20. The van der Waals surface area contributed by atoms with Crippen LogP contribution < -0.4 is 20.7 Å². The van der Waals surface area contributed by atoms with Gasteiger partial charge in [-0.25, -0.2) is 0 Å². The van der Waals surface area contributed by atoms with Crippen molar-refractivity contribution in [3.8, 4) is 5.75 Å². The maximum absolute atomic E-state index is 12.4. The van der Waals surface area contributed by atoms with Gasteiger partial charge in [0.2, 0.25) is 3.79 Å². The van der Waals surface area contributed by atoms with E-state index in [1.54, 1.807) is 48.5 Å². The van der Waals surface area contributed by atoms with Crippen LogP contribution in [0.1, 0.15) is 17.3 Å². The Bertz CT molecular complexity index is 814. The van der Waals surface area contributed by atoms with E-state index in [0.717, 1.165) is 10.2 Å². The molecule has 0 saturated carbocycles. The molecule has 150 valence electrons. The lowest BCUT2D eigenvalue weighted by molar-refractivity contribution is 0.0934. The van der Waals surface area contributed by atoms with E-state index >= 15 is 0 Å². The Kier molecular flexibility index (Phi) is 8.64. The third-order valence-corrected chi connectivity index (χ3v) is 4.81. The van der Waals surface area contributed by atoms with E-state index in [2.05, 4.69) is 31.9 Å². The molecule has 0 aliphatic rings. The normalized spacial score (nSPS) is 12.0. The summed E-state index contributed by atoms with van der Waals surface area (Å²) in [5.41, 5.74) is 1.12. The molecular formula is C18H17BrCl3N3O2S. The van der Waals surface area contributed by atoms with Crippen LogP contribution in [0.5, 0.6) is 5.75 Å². The molecule has 5 nitrogen and oxygen atoms in total. The molecule has 2 rings (SSSR count). The molecule has 0 aliphatic heterocycles. The minimum absolute atomic E-state index is 0.177. The first-order valence-corrected chi connectivity index (χ1v) is 10.5. The maximum Gasteiger partial charge on any atom is 0.252 e. The van der Waals surface area contributed by atoms with Crippen molar-refractivity contribution in [2.75, 3.05) is 11.9 Å². The fourth-order valence-corrected chi connectivity index (χ4v) is 2.94. The third kappa shape index (κ3) is 7.29. The number of thiocarbonyl (C=S) groups is 1. The number of amides is 1. The van der Waals surface area contributed by atoms with Crippen LogP contribution in [-0.2, 0) is 0 Å². The first-order valence-electron chi connectivity index (χ1n) is 8.12. The molecule has 0 fully saturated rings. The van der Waals surface area contributed by atoms with E-state index in [4.69, 9.17) is 51.8 Å². The van der Waals surface area contributed by atoms with Crippen molar-refractivity contribution in [3.05, 3.63) is 58.6 Å². The average Bonchev–Trinajstić information content (AvgIpc) is 2.62. The molecule has 10 heteroatoms. The van der Waals surface area contributed by atoms with Gasteiger partial charge in [0.05, 0.1) is 6.61 Å². The lowest BCUT2D eigenvalue weighted by Crippen LogP contribution is -2.56. The fourth-order valence-electron chi connectivity index (χ4n) is 2.11. The zero-order valence-electron chi connectivity index (χ0n) is 14.6. The molecule has 0 spiro atoms. The molecule has 28 heavy (non-hydrogen) atoms. The molecule has 3 N–H and O–H groups in total. The zero-order chi connectivity index (χ0) is 20.7. The van der Waals surface area contributed by atoms with Crippen LogP contribution in [-0.4, -0.2) is 27.6 Å². The Balaban J connectivity index is 2.01. The minimum Gasteiger partial charge on any atom is -0.494 e. The smallest absolute Gasteiger partial charge is 0.252 e. The van der Waals surface area contributed by atoms with Crippen molar-refractivity contribution in [2.45, 2.75) is 16.9 Å². The number of hydrogen-bond donors (Lipinski definition) is 3. The third-order valence-electron chi connectivity index (χ3n) is 3.41. The summed E-state index contributed by atoms with van der Waals surface area (Å²) in [5.74, 6) is 0.327. The predicted octanol–water partition coefficient (Wildman–Crippen LogP) is 5.26. The Hall–Kier alpha value is -1.25. The fraction of sp³-hybridized carbons (Fsp3) is 0.222. The highest BCUT2D eigenvalue weighted by molar-refractivity contribution is 9.10. The number of halogens is 4. The second kappa shape index (κ2) is 10.5. The molecule has 0 saturated heterocycles. The van der Waals surface area contributed by atoms with Gasteiger partial charge in [0.25, 0.3) is 5.91 Å². The maximum atomic E-state index is 12.4. The number of ether oxygens (including phenoxy) is 1. The first kappa shape index (κ1) is 23.0. The van der Waals surface area contributed by atoms with E-state index < -0.39 is 15.9 Å². The summed E-state index contributed by atoms with van der Waals surface area (Å²) in [6.07, 6.45) is -1.06. The largest absolute Gasteiger partial charge is 0.494 e. The molecule has 0 heterocycles. The van der Waals surface area contributed by atoms with Gasteiger partial charge in [-0.2, -0.15) is 0 Å². The van der Waals surface area contributed by atoms with Gasteiger partial charge >= 0.3 is 0 Å². The number of benzene rings is 2. The van der Waals surface area contributed by atoms with Gasteiger partial charge in [-0.1, -0.05) is 50.7 Å². The van der Waals surface area contributed by atoms with E-state index in [1.165, 1.54) is 0 Å². The van der Waals surface area contributed by atoms with Gasteiger partial charge in [0.15, 0.2) is 5.11 Å². The van der Waals surface area contributed by atoms with Crippen LogP contribution in [0.2, 0.25) is 0 Å². The summed E-state index contributed by atoms with van der Waals surface area (Å²) in [6.45, 7) is 2.49. The van der Waals surface area contributed by atoms with Crippen molar-refractivity contribution in [2.24, 2.45) is 0 Å². The van der Waals surface area contributed by atoms with Gasteiger partial charge in [-0.05, 0) is 67.7 Å². The standard InChI is InChI=1S/C18H17BrCl3N3O2S/c1-2-27-14-9-7-13(8-10-14)23-17(28)25-16(18(20,21)22)24-15(26)11-3-5-12(19)6-4-11/h3-10,16H,2H2,1H3,(H,24,26)(H2,23,25,28)/t16-/m0/s1. The quantitative estimate of drug-likeness (QED) is 0.273. The lowest BCUT2D eigenvalue weighted by atomic mass is 10.2. The summed E-state index contributed by atoms with van der Waals surface area (Å²) in [4.78, 5) is 12.4. The molecule has 1 atom stereocenters. The highest BCUT2D eigenvalue weighted by atomic mass is 79.9. The molecule has 0 unspecified atom stereocenters. The summed E-state index contributed by atoms with van der Waals surface area (Å²) in [5, 5.41) is 8.58. The van der Waals surface area contributed by atoms with Crippen molar-refractivity contribution in [1.29, 1.82) is 0 Å². The van der Waals surface area contributed by atoms with E-state index in [-0.39, 0.29) is 5.11 Å². The van der Waals surface area contributed by atoms with Crippen LogP contribution in [0.15, 0.2) is 53.0 Å². The molecule has 1 amide bonds. The van der Waals surface area contributed by atoms with Gasteiger partial charge in [0, 0.05) is 15.7 Å². The van der Waals surface area contributed by atoms with Crippen molar-refractivity contribution >= 4 is 79.7 Å². The van der Waals surface area contributed by atoms with Crippen LogP contribution in [0, 0.1) is 0 Å². The van der Waals surface area contributed by atoms with Crippen LogP contribution >= 0.6 is 63.0 Å². The highest BCUT2D eigenvalue weighted by Gasteiger charge is 2.34. The number of alkyl halides is 3. The number of carbonyl (C=O) groups is 1. The number of rotatable bonds is 6. The Morgan fingerprint density at radius 1 is 1.11 bits per heavy atom. The predicted molar refractivity (Wildman–Crippen MR) is 123 cm³/mol. The van der Waals surface area contributed by atoms with Crippen LogP contribution in [0.4, 0.5) is 5.69 Å². The van der Waals surface area contributed by atoms with Crippen LogP contribution in [0.25, 0.3) is 0 Å². The summed E-state index contributed by atoms with van der Waals surface area (Å²) >= 11 is 26.6. The molecule has 0 aliphatic carbocycles. The summed E-state index contributed by atoms with van der Waals surface area (Å²) in [6, 6.07) is 14.0. The highest BCUT2D eigenvalue weighted by Crippen LogP contribution is 2.29. The molecule has 0 bridgehead atoms. The van der Waals surface area contributed by atoms with Crippen molar-refractivity contribution in [1.82, 2.24) is 10.6 Å². The van der Waals surface area contributed by atoms with Gasteiger partial charge in [0.1, 0.15) is 11.9 Å². The van der Waals surface area contributed by atoms with Gasteiger partial charge < -0.3 is 20.7 Å².